The van der Waals surface area contributed by atoms with Crippen LogP contribution in [0.4, 0.5) is 34.1 Å². The van der Waals surface area contributed by atoms with E-state index in [0.29, 0.717) is 0 Å². The molecule has 1 unspecified atom stereocenters. The largest absolute Gasteiger partial charge is 0.310 e. The number of benzene rings is 8. The summed E-state index contributed by atoms with van der Waals surface area (Å²) in [6.07, 6.45) is 0. The van der Waals surface area contributed by atoms with Gasteiger partial charge < -0.3 is 9.80 Å². The first-order valence-corrected chi connectivity index (χ1v) is 17.4. The molecule has 8 rings (SSSR count). The number of hydrogen-bond acceptors (Lipinski definition) is 2. The number of fused-ring (bicyclic) bond motifs is 2. The minimum atomic E-state index is 1.12. The first kappa shape index (κ1) is 30.9. The van der Waals surface area contributed by atoms with Crippen molar-refractivity contribution in [2.45, 2.75) is 0 Å². The van der Waals surface area contributed by atoms with E-state index >= 15 is 0 Å². The van der Waals surface area contributed by atoms with Gasteiger partial charge in [-0.3, -0.25) is 0 Å². The topological polar surface area (TPSA) is 6.48 Å². The average molecular weight is 637 g/mol. The molecular formula is C45H37N2P. The molecule has 0 amide bonds. The molecule has 0 N–H and O–H groups in total. The molecule has 0 aromatic heterocycles. The van der Waals surface area contributed by atoms with Crippen molar-refractivity contribution in [2.75, 3.05) is 16.5 Å². The molecule has 0 saturated heterocycles. The molecule has 0 aliphatic carbocycles. The van der Waals surface area contributed by atoms with Crippen molar-refractivity contribution in [1.29, 1.82) is 0 Å². The Morgan fingerprint density at radius 1 is 0.292 bits per heavy atom. The number of rotatable bonds is 7. The first-order chi connectivity index (χ1) is 23.8. The van der Waals surface area contributed by atoms with Gasteiger partial charge in [0, 0.05) is 33.5 Å². The number of para-hydroxylation sites is 2. The van der Waals surface area contributed by atoms with Crippen LogP contribution >= 0.6 is 9.24 Å². The summed E-state index contributed by atoms with van der Waals surface area (Å²) in [5.74, 6) is 0. The van der Waals surface area contributed by atoms with E-state index in [1.807, 2.05) is 6.66 Å². The van der Waals surface area contributed by atoms with Gasteiger partial charge in [-0.05, 0) is 82.6 Å². The maximum atomic E-state index is 2.42. The monoisotopic (exact) mass is 636 g/mol. The van der Waals surface area contributed by atoms with E-state index in [9.17, 15) is 0 Å². The average Bonchev–Trinajstić information content (AvgIpc) is 3.17. The molecule has 0 aliphatic rings. The zero-order chi connectivity index (χ0) is 32.7. The van der Waals surface area contributed by atoms with E-state index in [1.165, 1.54) is 32.7 Å². The molecule has 0 heterocycles. The molecule has 48 heavy (non-hydrogen) atoms. The van der Waals surface area contributed by atoms with E-state index in [4.69, 9.17) is 0 Å². The number of nitrogens with zero attached hydrogens (tertiary/aromatic N) is 2. The molecule has 8 aromatic rings. The van der Waals surface area contributed by atoms with E-state index in [1.54, 1.807) is 0 Å². The van der Waals surface area contributed by atoms with Gasteiger partial charge in [0.2, 0.25) is 0 Å². The molecule has 0 bridgehead atoms. The second-order valence-corrected chi connectivity index (χ2v) is 11.4. The molecule has 0 fully saturated rings. The van der Waals surface area contributed by atoms with Gasteiger partial charge in [-0.25, -0.2) is 0 Å². The van der Waals surface area contributed by atoms with Crippen molar-refractivity contribution < 1.29 is 0 Å². The summed E-state index contributed by atoms with van der Waals surface area (Å²) in [4.78, 5) is 4.69. The summed E-state index contributed by atoms with van der Waals surface area (Å²) >= 11 is 0. The molecule has 8 aromatic carbocycles. The second-order valence-electron chi connectivity index (χ2n) is 11.4. The van der Waals surface area contributed by atoms with Crippen LogP contribution in [0.1, 0.15) is 0 Å². The van der Waals surface area contributed by atoms with Crippen LogP contribution < -0.4 is 9.80 Å². The summed E-state index contributed by atoms with van der Waals surface area (Å²) in [6, 6.07) is 69.2. The van der Waals surface area contributed by atoms with Gasteiger partial charge in [0.1, 0.15) is 0 Å². The maximum absolute atomic E-state index is 2.42. The highest BCUT2D eigenvalue weighted by molar-refractivity contribution is 7.15. The highest BCUT2D eigenvalue weighted by atomic mass is 31.0. The molecule has 2 nitrogen and oxygen atoms in total. The standard InChI is InChI=1S/C44H32N2.CH5P/c1-3-17-37(18-4-1)45(43-23-11-15-35-13-7-9-21-41(35)43)39-29-25-33(26-30-39)34-27-31-40(32-28-34)46(38-19-5-2-6-20-38)44-24-12-16-36-14-8-10-22-42(36)44;1-2/h1-32H;2H2,1H3. The number of anilines is 6. The maximum Gasteiger partial charge on any atom is 0.0540 e. The third kappa shape index (κ3) is 6.19. The lowest BCUT2D eigenvalue weighted by Gasteiger charge is -2.27. The Bertz CT molecular complexity index is 2070. The fourth-order valence-electron chi connectivity index (χ4n) is 6.42. The van der Waals surface area contributed by atoms with Crippen LogP contribution in [0.2, 0.25) is 0 Å². The summed E-state index contributed by atoms with van der Waals surface area (Å²) < 4.78 is 0. The highest BCUT2D eigenvalue weighted by Crippen LogP contribution is 2.41. The molecular weight excluding hydrogens is 599 g/mol. The third-order valence-corrected chi connectivity index (χ3v) is 8.63. The lowest BCUT2D eigenvalue weighted by Crippen LogP contribution is -2.10. The smallest absolute Gasteiger partial charge is 0.0540 e. The minimum Gasteiger partial charge on any atom is -0.310 e. The minimum absolute atomic E-state index is 1.12. The van der Waals surface area contributed by atoms with Crippen molar-refractivity contribution in [3.05, 3.63) is 194 Å². The summed E-state index contributed by atoms with van der Waals surface area (Å²) in [5.41, 5.74) is 9.18. The van der Waals surface area contributed by atoms with Gasteiger partial charge in [0.05, 0.1) is 11.4 Å². The molecule has 0 saturated carbocycles. The Kier molecular flexibility index (Phi) is 9.27. The van der Waals surface area contributed by atoms with Crippen LogP contribution in [0.5, 0.6) is 0 Å². The summed E-state index contributed by atoms with van der Waals surface area (Å²) in [5, 5.41) is 4.90. The van der Waals surface area contributed by atoms with E-state index in [-0.39, 0.29) is 0 Å². The predicted molar refractivity (Wildman–Crippen MR) is 212 cm³/mol. The Morgan fingerprint density at radius 2 is 0.604 bits per heavy atom. The Morgan fingerprint density at radius 3 is 1.00 bits per heavy atom. The van der Waals surface area contributed by atoms with E-state index in [0.717, 1.165) is 34.1 Å². The van der Waals surface area contributed by atoms with Crippen LogP contribution in [0.15, 0.2) is 194 Å². The lowest BCUT2D eigenvalue weighted by molar-refractivity contribution is 1.29. The summed E-state index contributed by atoms with van der Waals surface area (Å²) in [7, 11) is 2.42. The zero-order valence-corrected chi connectivity index (χ0v) is 28.1. The Hall–Kier alpha value is -5.69. The summed E-state index contributed by atoms with van der Waals surface area (Å²) in [6.45, 7) is 1.92. The van der Waals surface area contributed by atoms with Crippen LogP contribution in [0.3, 0.4) is 0 Å². The SMILES string of the molecule is CP.c1ccc(N(c2ccc(-c3ccc(N(c4ccccc4)c4cccc5ccccc45)cc3)cc2)c2cccc3ccccc23)cc1. The normalized spacial score (nSPS) is 10.7. The van der Waals surface area contributed by atoms with Crippen molar-refractivity contribution in [3.8, 4) is 11.1 Å². The van der Waals surface area contributed by atoms with Crippen LogP contribution in [0, 0.1) is 0 Å². The van der Waals surface area contributed by atoms with Crippen molar-refractivity contribution in [3.63, 3.8) is 0 Å². The molecule has 3 heteroatoms. The second kappa shape index (κ2) is 14.4. The Labute approximate surface area is 285 Å². The molecule has 0 aliphatic heterocycles. The predicted octanol–water partition coefficient (Wildman–Crippen LogP) is 13.1. The number of hydrogen-bond donors (Lipinski definition) is 0. The molecule has 0 spiro atoms. The van der Waals surface area contributed by atoms with Gasteiger partial charge in [-0.2, -0.15) is 0 Å². The first-order valence-electron chi connectivity index (χ1n) is 16.3. The van der Waals surface area contributed by atoms with E-state index < -0.39 is 0 Å². The quantitative estimate of drug-likeness (QED) is 0.161. The zero-order valence-electron chi connectivity index (χ0n) is 26.9. The van der Waals surface area contributed by atoms with Gasteiger partial charge in [-0.1, -0.05) is 140 Å². The van der Waals surface area contributed by atoms with Gasteiger partial charge in [0.15, 0.2) is 0 Å². The fraction of sp³-hybridized carbons (Fsp3) is 0.0222. The molecule has 0 radical (unpaired) electrons. The fourth-order valence-corrected chi connectivity index (χ4v) is 6.42. The van der Waals surface area contributed by atoms with Crippen molar-refractivity contribution in [2.24, 2.45) is 0 Å². The van der Waals surface area contributed by atoms with Crippen molar-refractivity contribution >= 4 is 64.9 Å². The van der Waals surface area contributed by atoms with Crippen LogP contribution in [-0.4, -0.2) is 6.66 Å². The van der Waals surface area contributed by atoms with Crippen LogP contribution in [0.25, 0.3) is 32.7 Å². The van der Waals surface area contributed by atoms with Gasteiger partial charge in [-0.15, -0.1) is 9.24 Å². The molecule has 232 valence electrons. The van der Waals surface area contributed by atoms with Gasteiger partial charge >= 0.3 is 0 Å². The van der Waals surface area contributed by atoms with Gasteiger partial charge in [0.25, 0.3) is 0 Å². The van der Waals surface area contributed by atoms with Crippen LogP contribution in [-0.2, 0) is 0 Å². The Balaban J connectivity index is 0.00000179. The molecule has 1 atom stereocenters. The van der Waals surface area contributed by atoms with Crippen molar-refractivity contribution in [1.82, 2.24) is 0 Å². The lowest BCUT2D eigenvalue weighted by atomic mass is 10.0. The van der Waals surface area contributed by atoms with E-state index in [2.05, 4.69) is 213 Å². The third-order valence-electron chi connectivity index (χ3n) is 8.63. The highest BCUT2D eigenvalue weighted by Gasteiger charge is 2.17.